The van der Waals surface area contributed by atoms with Gasteiger partial charge in [0.25, 0.3) is 0 Å². The molecule has 1 N–H and O–H groups in total. The molecule has 0 aromatic heterocycles. The molecule has 0 amide bonds. The van der Waals surface area contributed by atoms with Gasteiger partial charge in [-0.25, -0.2) is 0 Å². The van der Waals surface area contributed by atoms with Gasteiger partial charge in [-0.2, -0.15) is 0 Å². The third kappa shape index (κ3) is 6.77. The van der Waals surface area contributed by atoms with Gasteiger partial charge in [0.1, 0.15) is 5.34 Å². The topological polar surface area (TPSA) is 47.9 Å². The fraction of sp³-hybridized carbons (Fsp3) is 1.00. The second kappa shape index (κ2) is 7.57. The highest BCUT2D eigenvalue weighted by Gasteiger charge is 2.35. The van der Waals surface area contributed by atoms with Crippen LogP contribution in [0.3, 0.4) is 0 Å². The smallest absolute Gasteiger partial charge is 0.107 e. The number of aliphatic hydroxyl groups is 1. The van der Waals surface area contributed by atoms with E-state index in [1.165, 1.54) is 0 Å². The van der Waals surface area contributed by atoms with Crippen molar-refractivity contribution in [2.75, 3.05) is 33.5 Å². The lowest BCUT2D eigenvalue weighted by Gasteiger charge is -2.36. The van der Waals surface area contributed by atoms with Crippen LogP contribution in [0.2, 0.25) is 0 Å². The molecule has 0 aromatic rings. The minimum atomic E-state index is -0.792. The van der Waals surface area contributed by atoms with Crippen LogP contribution < -0.4 is 0 Å². The summed E-state index contributed by atoms with van der Waals surface area (Å²) >= 11 is 0. The standard InChI is InChI=1S/C11H25O4P/c1-10(2,3)11(4,12)16-15-9-8-14-7-6-13-5/h12,16H,6-9H2,1-5H3. The summed E-state index contributed by atoms with van der Waals surface area (Å²) in [6, 6.07) is 0. The third-order valence-electron chi connectivity index (χ3n) is 2.49. The Kier molecular flexibility index (Phi) is 7.70. The zero-order valence-corrected chi connectivity index (χ0v) is 12.0. The molecule has 0 aliphatic carbocycles. The minimum absolute atomic E-state index is 0.0668. The van der Waals surface area contributed by atoms with Crippen LogP contribution in [0.15, 0.2) is 0 Å². The molecule has 0 aliphatic rings. The lowest BCUT2D eigenvalue weighted by atomic mass is 9.90. The Morgan fingerprint density at radius 2 is 1.56 bits per heavy atom. The van der Waals surface area contributed by atoms with E-state index in [0.717, 1.165) is 0 Å². The summed E-state index contributed by atoms with van der Waals surface area (Å²) in [6.45, 7) is 10.0. The molecule has 0 spiro atoms. The number of ether oxygens (including phenoxy) is 2. The van der Waals surface area contributed by atoms with Gasteiger partial charge in [-0.3, -0.25) is 0 Å². The Morgan fingerprint density at radius 1 is 1.00 bits per heavy atom. The van der Waals surface area contributed by atoms with E-state index in [1.54, 1.807) is 14.0 Å². The predicted octanol–water partition coefficient (Wildman–Crippen LogP) is 2.01. The van der Waals surface area contributed by atoms with E-state index >= 15 is 0 Å². The van der Waals surface area contributed by atoms with E-state index < -0.39 is 5.34 Å². The maximum absolute atomic E-state index is 10.1. The van der Waals surface area contributed by atoms with Crippen LogP contribution in [-0.4, -0.2) is 44.0 Å². The number of methoxy groups -OCH3 is 1. The summed E-state index contributed by atoms with van der Waals surface area (Å²) in [4.78, 5) is 0. The molecule has 0 aliphatic heterocycles. The van der Waals surface area contributed by atoms with Gasteiger partial charge in [0.2, 0.25) is 0 Å². The largest absolute Gasteiger partial charge is 0.383 e. The molecule has 0 bridgehead atoms. The van der Waals surface area contributed by atoms with Gasteiger partial charge in [-0.1, -0.05) is 20.8 Å². The molecule has 5 heteroatoms. The Bertz CT molecular complexity index is 177. The van der Waals surface area contributed by atoms with Crippen molar-refractivity contribution in [1.82, 2.24) is 0 Å². The minimum Gasteiger partial charge on any atom is -0.383 e. The van der Waals surface area contributed by atoms with E-state index in [9.17, 15) is 5.11 Å². The average Bonchev–Trinajstić information content (AvgIpc) is 2.14. The van der Waals surface area contributed by atoms with E-state index in [2.05, 4.69) is 0 Å². The van der Waals surface area contributed by atoms with Gasteiger partial charge < -0.3 is 19.1 Å². The summed E-state index contributed by atoms with van der Waals surface area (Å²) in [7, 11) is 1.71. The maximum atomic E-state index is 10.1. The van der Waals surface area contributed by atoms with Crippen LogP contribution in [0.25, 0.3) is 0 Å². The fourth-order valence-electron chi connectivity index (χ4n) is 0.690. The first-order valence-corrected chi connectivity index (χ1v) is 6.40. The van der Waals surface area contributed by atoms with Crippen molar-refractivity contribution in [2.24, 2.45) is 5.41 Å². The fourth-order valence-corrected chi connectivity index (χ4v) is 1.46. The lowest BCUT2D eigenvalue weighted by Crippen LogP contribution is -2.35. The van der Waals surface area contributed by atoms with Gasteiger partial charge >= 0.3 is 0 Å². The molecule has 0 saturated heterocycles. The van der Waals surface area contributed by atoms with Crippen LogP contribution in [0, 0.1) is 5.41 Å². The van der Waals surface area contributed by atoms with Crippen LogP contribution in [0.1, 0.15) is 27.7 Å². The van der Waals surface area contributed by atoms with Crippen molar-refractivity contribution in [2.45, 2.75) is 33.0 Å². The van der Waals surface area contributed by atoms with Crippen molar-refractivity contribution in [3.8, 4) is 0 Å². The molecule has 0 rings (SSSR count). The molecule has 0 saturated carbocycles. The highest BCUT2D eigenvalue weighted by atomic mass is 31.1. The summed E-state index contributed by atoms with van der Waals surface area (Å²) in [5.74, 6) is 0. The third-order valence-corrected chi connectivity index (χ3v) is 3.99. The van der Waals surface area contributed by atoms with E-state index in [0.29, 0.717) is 26.4 Å². The summed E-state index contributed by atoms with van der Waals surface area (Å²) < 4.78 is 15.5. The summed E-state index contributed by atoms with van der Waals surface area (Å²) in [5, 5.41) is 9.33. The molecule has 0 radical (unpaired) electrons. The second-order valence-corrected chi connectivity index (χ2v) is 6.34. The Labute approximate surface area is 101 Å². The molecule has 2 unspecified atom stereocenters. The van der Waals surface area contributed by atoms with Crippen molar-refractivity contribution >= 4 is 8.81 Å². The number of hydrogen-bond acceptors (Lipinski definition) is 4. The monoisotopic (exact) mass is 252 g/mol. The van der Waals surface area contributed by atoms with Gasteiger partial charge in [0.05, 0.1) is 26.4 Å². The summed E-state index contributed by atoms with van der Waals surface area (Å²) in [5.41, 5.74) is -0.178. The van der Waals surface area contributed by atoms with E-state index in [1.807, 2.05) is 20.8 Å². The van der Waals surface area contributed by atoms with Crippen LogP contribution in [0.5, 0.6) is 0 Å². The van der Waals surface area contributed by atoms with Gasteiger partial charge in [-0.15, -0.1) is 0 Å². The highest BCUT2D eigenvalue weighted by Crippen LogP contribution is 2.43. The molecule has 16 heavy (non-hydrogen) atoms. The van der Waals surface area contributed by atoms with Crippen LogP contribution >= 0.6 is 8.81 Å². The first-order valence-electron chi connectivity index (χ1n) is 5.49. The molecule has 0 fully saturated rings. The molecule has 98 valence electrons. The highest BCUT2D eigenvalue weighted by molar-refractivity contribution is 7.34. The molecule has 0 aromatic carbocycles. The SMILES string of the molecule is COCCOCCOPC(C)(O)C(C)(C)C. The van der Waals surface area contributed by atoms with E-state index in [-0.39, 0.29) is 14.2 Å². The second-order valence-electron chi connectivity index (χ2n) is 4.88. The molecule has 4 nitrogen and oxygen atoms in total. The van der Waals surface area contributed by atoms with Crippen molar-refractivity contribution in [3.63, 3.8) is 0 Å². The van der Waals surface area contributed by atoms with Crippen LogP contribution in [0.4, 0.5) is 0 Å². The Hall–Kier alpha value is 0.270. The molecule has 0 heterocycles. The average molecular weight is 252 g/mol. The van der Waals surface area contributed by atoms with Crippen molar-refractivity contribution < 1.29 is 19.1 Å². The maximum Gasteiger partial charge on any atom is 0.107 e. The van der Waals surface area contributed by atoms with Gasteiger partial charge in [0, 0.05) is 15.9 Å². The predicted molar refractivity (Wildman–Crippen MR) is 67.0 cm³/mol. The molecular weight excluding hydrogens is 227 g/mol. The molecule has 2 atom stereocenters. The summed E-state index contributed by atoms with van der Waals surface area (Å²) in [6.07, 6.45) is 0. The van der Waals surface area contributed by atoms with Gasteiger partial charge in [-0.05, 0) is 12.3 Å². The first kappa shape index (κ1) is 16.3. The molecular formula is C11H25O4P. The zero-order valence-electron chi connectivity index (χ0n) is 11.0. The van der Waals surface area contributed by atoms with E-state index in [4.69, 9.17) is 14.0 Å². The quantitative estimate of drug-likeness (QED) is 0.530. The lowest BCUT2D eigenvalue weighted by molar-refractivity contribution is 0.0258. The van der Waals surface area contributed by atoms with Crippen molar-refractivity contribution in [1.29, 1.82) is 0 Å². The normalized spacial score (nSPS) is 16.9. The zero-order chi connectivity index (χ0) is 12.7. The first-order chi connectivity index (χ1) is 7.31. The van der Waals surface area contributed by atoms with Crippen molar-refractivity contribution in [3.05, 3.63) is 0 Å². The number of rotatable bonds is 8. The Morgan fingerprint density at radius 3 is 2.06 bits per heavy atom. The Balaban J connectivity index is 3.51. The van der Waals surface area contributed by atoms with Crippen LogP contribution in [-0.2, 0) is 14.0 Å². The van der Waals surface area contributed by atoms with Gasteiger partial charge in [0.15, 0.2) is 0 Å². The number of hydrogen-bond donors (Lipinski definition) is 1.